The zero-order valence-corrected chi connectivity index (χ0v) is 25.4. The van der Waals surface area contributed by atoms with Gasteiger partial charge in [-0.1, -0.05) is 85.3 Å². The van der Waals surface area contributed by atoms with E-state index in [0.717, 1.165) is 78.3 Å². The van der Waals surface area contributed by atoms with Crippen molar-refractivity contribution in [1.82, 2.24) is 10.2 Å². The van der Waals surface area contributed by atoms with Gasteiger partial charge >= 0.3 is 6.18 Å². The lowest BCUT2D eigenvalue weighted by Gasteiger charge is -2.36. The Bertz CT molecular complexity index is 1600. The Morgan fingerprint density at radius 3 is 2.07 bits per heavy atom. The summed E-state index contributed by atoms with van der Waals surface area (Å²) < 4.78 is 45.1. The summed E-state index contributed by atoms with van der Waals surface area (Å²) in [4.78, 5) is 18.6. The van der Waals surface area contributed by atoms with Gasteiger partial charge in [-0.3, -0.25) is 9.69 Å². The average molecular weight is 614 g/mol. The quantitative estimate of drug-likeness (QED) is 0.191. The number of anilines is 1. The second-order valence-electron chi connectivity index (χ2n) is 11.8. The Hall–Kier alpha value is -4.30. The number of fused-ring (bicyclic) bond motifs is 3. The van der Waals surface area contributed by atoms with Gasteiger partial charge in [-0.15, -0.1) is 0 Å². The van der Waals surface area contributed by atoms with E-state index in [1.165, 1.54) is 5.69 Å². The Morgan fingerprint density at radius 2 is 1.42 bits per heavy atom. The standard InChI is InChI=1S/C37H38F3N3O2/c1-45-34-18-7-4-13-29(34)27-11-10-12-28(25-27)43-23-21-42(22-24-43)20-9-8-19-36(35(44)41-26-37(38,39)40)32-16-5-2-14-30(32)31-15-3-6-17-33(31)36/h2-7,10-18,25H,8-9,19-24,26H2,1H3,(H,41,44). The first-order valence-electron chi connectivity index (χ1n) is 15.6. The van der Waals surface area contributed by atoms with Gasteiger partial charge in [0.15, 0.2) is 0 Å². The summed E-state index contributed by atoms with van der Waals surface area (Å²) in [6, 6.07) is 31.8. The van der Waals surface area contributed by atoms with Crippen LogP contribution in [0.1, 0.15) is 30.4 Å². The van der Waals surface area contributed by atoms with Gasteiger partial charge in [0, 0.05) is 37.4 Å². The smallest absolute Gasteiger partial charge is 0.405 e. The fourth-order valence-electron chi connectivity index (χ4n) is 6.99. The van der Waals surface area contributed by atoms with Crippen molar-refractivity contribution in [3.05, 3.63) is 108 Å². The number of carbonyl (C=O) groups is 1. The number of rotatable bonds is 10. The first kappa shape index (κ1) is 30.7. The molecule has 0 atom stereocenters. The van der Waals surface area contributed by atoms with E-state index in [1.54, 1.807) is 7.11 Å². The molecule has 1 fully saturated rings. The largest absolute Gasteiger partial charge is 0.496 e. The van der Waals surface area contributed by atoms with Gasteiger partial charge < -0.3 is 15.0 Å². The molecule has 1 amide bonds. The molecule has 0 spiro atoms. The number of piperazine rings is 1. The topological polar surface area (TPSA) is 44.8 Å². The highest BCUT2D eigenvalue weighted by Crippen LogP contribution is 2.51. The molecule has 1 aliphatic heterocycles. The number of para-hydroxylation sites is 1. The number of carbonyl (C=O) groups excluding carboxylic acids is 1. The van der Waals surface area contributed by atoms with Crippen LogP contribution in [-0.4, -0.2) is 63.4 Å². The first-order valence-corrected chi connectivity index (χ1v) is 15.6. The number of methoxy groups -OCH3 is 1. The Labute approximate surface area is 262 Å². The lowest BCUT2D eigenvalue weighted by atomic mass is 9.73. The van der Waals surface area contributed by atoms with E-state index in [-0.39, 0.29) is 0 Å². The second kappa shape index (κ2) is 13.0. The molecule has 0 saturated carbocycles. The van der Waals surface area contributed by atoms with Crippen molar-refractivity contribution in [3.63, 3.8) is 0 Å². The third-order valence-corrected chi connectivity index (χ3v) is 9.18. The average Bonchev–Trinajstić information content (AvgIpc) is 3.36. The molecule has 1 aliphatic carbocycles. The van der Waals surface area contributed by atoms with E-state index in [4.69, 9.17) is 4.74 Å². The number of unbranched alkanes of at least 4 members (excludes halogenated alkanes) is 1. The molecule has 0 bridgehead atoms. The van der Waals surface area contributed by atoms with Crippen molar-refractivity contribution in [2.45, 2.75) is 30.9 Å². The van der Waals surface area contributed by atoms with Crippen LogP contribution >= 0.6 is 0 Å². The van der Waals surface area contributed by atoms with E-state index < -0.39 is 24.0 Å². The van der Waals surface area contributed by atoms with Crippen molar-refractivity contribution in [2.75, 3.05) is 51.3 Å². The molecule has 1 saturated heterocycles. The SMILES string of the molecule is COc1ccccc1-c1cccc(N2CCN(CCCCC3(C(=O)NCC(F)(F)F)c4ccccc4-c4ccccc43)CC2)c1. The maximum atomic E-state index is 13.7. The zero-order chi connectivity index (χ0) is 31.4. The number of alkyl halides is 3. The maximum Gasteiger partial charge on any atom is 0.405 e. The Kier molecular flexibility index (Phi) is 8.85. The van der Waals surface area contributed by atoms with Crippen LogP contribution in [0.25, 0.3) is 22.3 Å². The summed E-state index contributed by atoms with van der Waals surface area (Å²) in [6.45, 7) is 3.17. The third kappa shape index (κ3) is 6.29. The normalized spacial score (nSPS) is 15.8. The molecule has 0 unspecified atom stereocenters. The summed E-state index contributed by atoms with van der Waals surface area (Å²) in [5.74, 6) is 0.268. The molecule has 2 aliphatic rings. The highest BCUT2D eigenvalue weighted by Gasteiger charge is 2.49. The predicted octanol–water partition coefficient (Wildman–Crippen LogP) is 7.30. The lowest BCUT2D eigenvalue weighted by molar-refractivity contribution is -0.141. The van der Waals surface area contributed by atoms with Crippen molar-refractivity contribution >= 4 is 11.6 Å². The monoisotopic (exact) mass is 613 g/mol. The van der Waals surface area contributed by atoms with E-state index in [1.807, 2.05) is 66.7 Å². The molecule has 6 rings (SSSR count). The molecule has 0 aromatic heterocycles. The highest BCUT2D eigenvalue weighted by atomic mass is 19.4. The van der Waals surface area contributed by atoms with Crippen molar-refractivity contribution < 1.29 is 22.7 Å². The molecule has 1 N–H and O–H groups in total. The first-order chi connectivity index (χ1) is 21.8. The molecule has 4 aromatic rings. The highest BCUT2D eigenvalue weighted by molar-refractivity contribution is 6.00. The summed E-state index contributed by atoms with van der Waals surface area (Å²) in [5.41, 5.74) is 5.63. The van der Waals surface area contributed by atoms with Gasteiger partial charge in [0.05, 0.1) is 7.11 Å². The fraction of sp³-hybridized carbons (Fsp3) is 0.324. The minimum atomic E-state index is -4.48. The van der Waals surface area contributed by atoms with Crippen LogP contribution in [0.4, 0.5) is 18.9 Å². The van der Waals surface area contributed by atoms with Gasteiger partial charge in [-0.25, -0.2) is 0 Å². The van der Waals surface area contributed by atoms with Crippen molar-refractivity contribution in [1.29, 1.82) is 0 Å². The van der Waals surface area contributed by atoms with Crippen LogP contribution in [-0.2, 0) is 10.2 Å². The summed E-state index contributed by atoms with van der Waals surface area (Å²) in [5, 5.41) is 2.23. The summed E-state index contributed by atoms with van der Waals surface area (Å²) in [6.07, 6.45) is -2.47. The van der Waals surface area contributed by atoms with Crippen LogP contribution in [0.2, 0.25) is 0 Å². The molecule has 0 radical (unpaired) electrons. The predicted molar refractivity (Wildman–Crippen MR) is 173 cm³/mol. The van der Waals surface area contributed by atoms with E-state index in [2.05, 4.69) is 45.4 Å². The molecular formula is C37H38F3N3O2. The van der Waals surface area contributed by atoms with Crippen molar-refractivity contribution in [2.24, 2.45) is 0 Å². The second-order valence-corrected chi connectivity index (χ2v) is 11.8. The molecule has 5 nitrogen and oxygen atoms in total. The van der Waals surface area contributed by atoms with Crippen LogP contribution in [0.5, 0.6) is 5.75 Å². The minimum absolute atomic E-state index is 0.445. The van der Waals surface area contributed by atoms with E-state index in [0.29, 0.717) is 12.8 Å². The third-order valence-electron chi connectivity index (χ3n) is 9.18. The number of nitrogens with zero attached hydrogens (tertiary/aromatic N) is 2. The van der Waals surface area contributed by atoms with Crippen LogP contribution in [0, 0.1) is 0 Å². The van der Waals surface area contributed by atoms with Gasteiger partial charge in [-0.05, 0) is 65.4 Å². The summed E-state index contributed by atoms with van der Waals surface area (Å²) >= 11 is 0. The number of benzene rings is 4. The van der Waals surface area contributed by atoms with E-state index in [9.17, 15) is 18.0 Å². The maximum absolute atomic E-state index is 13.7. The number of nitrogens with one attached hydrogen (secondary N) is 1. The molecule has 4 aromatic carbocycles. The Balaban J connectivity index is 1.10. The number of hydrogen-bond donors (Lipinski definition) is 1. The number of ether oxygens (including phenoxy) is 1. The van der Waals surface area contributed by atoms with Crippen molar-refractivity contribution in [3.8, 4) is 28.0 Å². The Morgan fingerprint density at radius 1 is 0.800 bits per heavy atom. The minimum Gasteiger partial charge on any atom is -0.496 e. The lowest BCUT2D eigenvalue weighted by Crippen LogP contribution is -2.47. The molecule has 45 heavy (non-hydrogen) atoms. The zero-order valence-electron chi connectivity index (χ0n) is 25.4. The van der Waals surface area contributed by atoms with Crippen LogP contribution in [0.3, 0.4) is 0 Å². The van der Waals surface area contributed by atoms with Crippen LogP contribution < -0.4 is 15.0 Å². The van der Waals surface area contributed by atoms with Gasteiger partial charge in [0.1, 0.15) is 17.7 Å². The van der Waals surface area contributed by atoms with E-state index >= 15 is 0 Å². The van der Waals surface area contributed by atoms with Crippen LogP contribution in [0.15, 0.2) is 97.1 Å². The van der Waals surface area contributed by atoms with Gasteiger partial charge in [0.25, 0.3) is 0 Å². The molecule has 8 heteroatoms. The number of hydrogen-bond acceptors (Lipinski definition) is 4. The molecule has 234 valence electrons. The number of amides is 1. The number of halogens is 3. The van der Waals surface area contributed by atoms with Gasteiger partial charge in [-0.2, -0.15) is 13.2 Å². The summed E-state index contributed by atoms with van der Waals surface area (Å²) in [7, 11) is 1.69. The fourth-order valence-corrected chi connectivity index (χ4v) is 6.99. The van der Waals surface area contributed by atoms with Gasteiger partial charge in [0.2, 0.25) is 5.91 Å². The molecule has 1 heterocycles. The molecular weight excluding hydrogens is 575 g/mol.